The van der Waals surface area contributed by atoms with Gasteiger partial charge in [-0.3, -0.25) is 4.79 Å². The zero-order chi connectivity index (χ0) is 13.6. The number of rotatable bonds is 2. The summed E-state index contributed by atoms with van der Waals surface area (Å²) in [6.07, 6.45) is 10.2. The minimum absolute atomic E-state index is 0.461. The molecule has 4 aliphatic rings. The smallest absolute Gasteiger partial charge is 0.222 e. The molecule has 1 N–H and O–H groups in total. The van der Waals surface area contributed by atoms with Crippen molar-refractivity contribution in [3.05, 3.63) is 0 Å². The van der Waals surface area contributed by atoms with Crippen LogP contribution in [0, 0.1) is 23.2 Å². The SMILES string of the molecule is O=C(CC1CC2CCC1C2)N1CCC2(CCNC2)CC1. The first-order chi connectivity index (χ1) is 9.74. The molecule has 3 nitrogen and oxygen atoms in total. The Morgan fingerprint density at radius 1 is 1.15 bits per heavy atom. The minimum atomic E-state index is 0.461. The van der Waals surface area contributed by atoms with Gasteiger partial charge in [0.05, 0.1) is 0 Å². The fourth-order valence-electron chi connectivity index (χ4n) is 5.43. The van der Waals surface area contributed by atoms with Crippen LogP contribution in [0.2, 0.25) is 0 Å². The molecule has 20 heavy (non-hydrogen) atoms. The van der Waals surface area contributed by atoms with Gasteiger partial charge in [0, 0.05) is 26.1 Å². The van der Waals surface area contributed by atoms with Crippen molar-refractivity contribution in [2.45, 2.75) is 51.4 Å². The van der Waals surface area contributed by atoms with E-state index < -0.39 is 0 Å². The summed E-state index contributed by atoms with van der Waals surface area (Å²) in [6.45, 7) is 4.39. The van der Waals surface area contributed by atoms with E-state index in [0.29, 0.717) is 11.3 Å². The Bertz CT molecular complexity index is 378. The van der Waals surface area contributed by atoms with Crippen LogP contribution in [-0.4, -0.2) is 37.0 Å². The van der Waals surface area contributed by atoms with E-state index in [2.05, 4.69) is 10.2 Å². The molecule has 2 aliphatic carbocycles. The lowest BCUT2D eigenvalue weighted by molar-refractivity contribution is -0.134. The third-order valence-corrected chi connectivity index (χ3v) is 6.83. The zero-order valence-corrected chi connectivity index (χ0v) is 12.6. The van der Waals surface area contributed by atoms with Gasteiger partial charge in [0.15, 0.2) is 0 Å². The molecule has 0 aromatic carbocycles. The highest BCUT2D eigenvalue weighted by Crippen LogP contribution is 2.49. The first-order valence-corrected chi connectivity index (χ1v) is 8.73. The number of hydrogen-bond donors (Lipinski definition) is 1. The van der Waals surface area contributed by atoms with Crippen LogP contribution in [0.3, 0.4) is 0 Å². The summed E-state index contributed by atoms with van der Waals surface area (Å²) >= 11 is 0. The van der Waals surface area contributed by atoms with Crippen molar-refractivity contribution in [3.8, 4) is 0 Å². The Labute approximate surface area is 122 Å². The quantitative estimate of drug-likeness (QED) is 0.840. The fraction of sp³-hybridized carbons (Fsp3) is 0.941. The second-order valence-electron chi connectivity index (χ2n) is 7.95. The molecule has 3 unspecified atom stereocenters. The molecule has 1 amide bonds. The van der Waals surface area contributed by atoms with Crippen LogP contribution in [0.15, 0.2) is 0 Å². The summed E-state index contributed by atoms with van der Waals surface area (Å²) in [5, 5.41) is 3.50. The van der Waals surface area contributed by atoms with Gasteiger partial charge >= 0.3 is 0 Å². The van der Waals surface area contributed by atoms with Gasteiger partial charge in [-0.1, -0.05) is 6.42 Å². The van der Waals surface area contributed by atoms with Crippen molar-refractivity contribution in [3.63, 3.8) is 0 Å². The van der Waals surface area contributed by atoms with Gasteiger partial charge in [0.25, 0.3) is 0 Å². The van der Waals surface area contributed by atoms with Crippen LogP contribution in [0.25, 0.3) is 0 Å². The zero-order valence-electron chi connectivity index (χ0n) is 12.6. The molecule has 3 heteroatoms. The summed E-state index contributed by atoms with van der Waals surface area (Å²) in [7, 11) is 0. The molecule has 2 saturated heterocycles. The average molecular weight is 276 g/mol. The second kappa shape index (κ2) is 5.01. The van der Waals surface area contributed by atoms with Crippen molar-refractivity contribution in [2.75, 3.05) is 26.2 Å². The number of likely N-dealkylation sites (tertiary alicyclic amines) is 1. The molecular formula is C17H28N2O. The van der Waals surface area contributed by atoms with Crippen molar-refractivity contribution in [1.82, 2.24) is 10.2 Å². The van der Waals surface area contributed by atoms with E-state index in [1.807, 2.05) is 0 Å². The summed E-state index contributed by atoms with van der Waals surface area (Å²) in [4.78, 5) is 14.7. The Morgan fingerprint density at radius 3 is 2.60 bits per heavy atom. The highest BCUT2D eigenvalue weighted by molar-refractivity contribution is 5.76. The van der Waals surface area contributed by atoms with E-state index in [1.54, 1.807) is 0 Å². The maximum absolute atomic E-state index is 12.5. The van der Waals surface area contributed by atoms with Crippen LogP contribution in [0.1, 0.15) is 51.4 Å². The van der Waals surface area contributed by atoms with Gasteiger partial charge in [-0.2, -0.15) is 0 Å². The normalized spacial score (nSPS) is 38.8. The van der Waals surface area contributed by atoms with E-state index >= 15 is 0 Å². The number of fused-ring (bicyclic) bond motifs is 2. The number of nitrogens with zero attached hydrogens (tertiary/aromatic N) is 1. The van der Waals surface area contributed by atoms with Crippen LogP contribution >= 0.6 is 0 Å². The summed E-state index contributed by atoms with van der Waals surface area (Å²) in [5.41, 5.74) is 0.531. The Kier molecular flexibility index (Phi) is 3.29. The molecule has 4 fully saturated rings. The predicted molar refractivity (Wildman–Crippen MR) is 79.3 cm³/mol. The number of carbonyl (C=O) groups excluding carboxylic acids is 1. The molecule has 2 heterocycles. The van der Waals surface area contributed by atoms with E-state index in [-0.39, 0.29) is 0 Å². The molecule has 0 aromatic rings. The molecule has 2 saturated carbocycles. The largest absolute Gasteiger partial charge is 0.343 e. The van der Waals surface area contributed by atoms with Crippen LogP contribution in [-0.2, 0) is 4.79 Å². The first kappa shape index (κ1) is 13.1. The molecule has 2 aliphatic heterocycles. The highest BCUT2D eigenvalue weighted by Gasteiger charge is 2.42. The standard InChI is InChI=1S/C17H28N2O/c20-16(11-15-10-13-1-2-14(15)9-13)19-7-4-17(5-8-19)3-6-18-12-17/h13-15,18H,1-12H2. The first-order valence-electron chi connectivity index (χ1n) is 8.73. The van der Waals surface area contributed by atoms with Gasteiger partial charge in [0.1, 0.15) is 0 Å². The van der Waals surface area contributed by atoms with Gasteiger partial charge in [0.2, 0.25) is 5.91 Å². The molecule has 0 radical (unpaired) electrons. The summed E-state index contributed by atoms with van der Waals surface area (Å²) in [6, 6.07) is 0. The van der Waals surface area contributed by atoms with Crippen LogP contribution < -0.4 is 5.32 Å². The Hall–Kier alpha value is -0.570. The topological polar surface area (TPSA) is 32.3 Å². The maximum atomic E-state index is 12.5. The molecule has 3 atom stereocenters. The van der Waals surface area contributed by atoms with Gasteiger partial charge < -0.3 is 10.2 Å². The van der Waals surface area contributed by atoms with E-state index in [0.717, 1.165) is 37.3 Å². The summed E-state index contributed by atoms with van der Waals surface area (Å²) in [5.74, 6) is 3.04. The number of hydrogen-bond acceptors (Lipinski definition) is 2. The average Bonchev–Trinajstić information content (AvgIpc) is 3.17. The molecule has 4 rings (SSSR count). The lowest BCUT2D eigenvalue weighted by Crippen LogP contribution is -2.44. The third-order valence-electron chi connectivity index (χ3n) is 6.83. The monoisotopic (exact) mass is 276 g/mol. The predicted octanol–water partition coefficient (Wildman–Crippen LogP) is 2.41. The number of carbonyl (C=O) groups is 1. The van der Waals surface area contributed by atoms with E-state index in [9.17, 15) is 4.79 Å². The van der Waals surface area contributed by atoms with Gasteiger partial charge in [-0.25, -0.2) is 0 Å². The molecule has 112 valence electrons. The number of nitrogens with one attached hydrogen (secondary N) is 1. The number of piperidine rings is 1. The van der Waals surface area contributed by atoms with Gasteiger partial charge in [-0.15, -0.1) is 0 Å². The summed E-state index contributed by atoms with van der Waals surface area (Å²) < 4.78 is 0. The van der Waals surface area contributed by atoms with Crippen molar-refractivity contribution < 1.29 is 4.79 Å². The molecule has 1 spiro atoms. The third kappa shape index (κ3) is 2.28. The van der Waals surface area contributed by atoms with E-state index in [1.165, 1.54) is 58.0 Å². The van der Waals surface area contributed by atoms with E-state index in [4.69, 9.17) is 0 Å². The van der Waals surface area contributed by atoms with Crippen molar-refractivity contribution >= 4 is 5.91 Å². The van der Waals surface area contributed by atoms with Crippen molar-refractivity contribution in [2.24, 2.45) is 23.2 Å². The van der Waals surface area contributed by atoms with Gasteiger partial charge in [-0.05, 0) is 68.2 Å². The fourth-order valence-corrected chi connectivity index (χ4v) is 5.43. The molecule has 2 bridgehead atoms. The van der Waals surface area contributed by atoms with Crippen LogP contribution in [0.5, 0.6) is 0 Å². The second-order valence-corrected chi connectivity index (χ2v) is 7.95. The van der Waals surface area contributed by atoms with Crippen LogP contribution in [0.4, 0.5) is 0 Å². The minimum Gasteiger partial charge on any atom is -0.343 e. The van der Waals surface area contributed by atoms with Crippen molar-refractivity contribution in [1.29, 1.82) is 0 Å². The lowest BCUT2D eigenvalue weighted by atomic mass is 9.77. The molecule has 0 aromatic heterocycles. The maximum Gasteiger partial charge on any atom is 0.222 e. The Balaban J connectivity index is 1.29. The molecular weight excluding hydrogens is 248 g/mol. The lowest BCUT2D eigenvalue weighted by Gasteiger charge is -2.39. The Morgan fingerprint density at radius 2 is 2.00 bits per heavy atom. The highest BCUT2D eigenvalue weighted by atomic mass is 16.2. The number of amides is 1.